The molecule has 0 bridgehead atoms. The van der Waals surface area contributed by atoms with Gasteiger partial charge in [-0.2, -0.15) is 0 Å². The van der Waals surface area contributed by atoms with Gasteiger partial charge in [0.05, 0.1) is 23.8 Å². The maximum Gasteiger partial charge on any atom is 0.263 e. The molecule has 8 heteroatoms. The number of ether oxygens (including phenoxy) is 1. The first kappa shape index (κ1) is 21.7. The van der Waals surface area contributed by atoms with Crippen molar-refractivity contribution in [2.45, 2.75) is 63.3 Å². The van der Waals surface area contributed by atoms with Gasteiger partial charge in [-0.05, 0) is 62.6 Å². The second-order valence-corrected chi connectivity index (χ2v) is 10.5. The number of fused-ring (bicyclic) bond motifs is 3. The fourth-order valence-electron chi connectivity index (χ4n) is 4.51. The van der Waals surface area contributed by atoms with E-state index < -0.39 is 0 Å². The third-order valence-corrected chi connectivity index (χ3v) is 8.36. The molecule has 5 rings (SSSR count). The fourth-order valence-corrected chi connectivity index (χ4v) is 6.62. The van der Waals surface area contributed by atoms with Crippen molar-refractivity contribution in [3.63, 3.8) is 0 Å². The highest BCUT2D eigenvalue weighted by atomic mass is 32.2. The zero-order chi connectivity index (χ0) is 22.1. The van der Waals surface area contributed by atoms with Crippen LogP contribution in [-0.4, -0.2) is 33.9 Å². The number of thiophene rings is 1. The normalized spacial score (nSPS) is 18.1. The molecule has 2 aromatic heterocycles. The summed E-state index contributed by atoms with van der Waals surface area (Å²) in [6, 6.07) is 7.72. The third-order valence-electron chi connectivity index (χ3n) is 6.20. The number of hydrogen-bond donors (Lipinski definition) is 1. The number of carbonyl (C=O) groups is 1. The molecule has 1 fully saturated rings. The van der Waals surface area contributed by atoms with Crippen LogP contribution in [0, 0.1) is 6.92 Å². The zero-order valence-electron chi connectivity index (χ0n) is 18.2. The Hall–Kier alpha value is -2.16. The van der Waals surface area contributed by atoms with Gasteiger partial charge in [0.1, 0.15) is 4.83 Å². The van der Waals surface area contributed by atoms with E-state index in [1.54, 1.807) is 15.9 Å². The summed E-state index contributed by atoms with van der Waals surface area (Å²) < 4.78 is 7.57. The van der Waals surface area contributed by atoms with Gasteiger partial charge < -0.3 is 10.1 Å². The Morgan fingerprint density at radius 1 is 1.28 bits per heavy atom. The van der Waals surface area contributed by atoms with E-state index >= 15 is 0 Å². The average molecular weight is 470 g/mol. The van der Waals surface area contributed by atoms with Crippen LogP contribution in [-0.2, 0) is 28.9 Å². The SMILES string of the molecule is Cc1ccccc1NC(=O)CSc1nc2sc3c(c2c(=O)n1CC1CCCO1)CCCC3. The van der Waals surface area contributed by atoms with E-state index in [-0.39, 0.29) is 23.3 Å². The molecule has 1 aliphatic carbocycles. The highest BCUT2D eigenvalue weighted by molar-refractivity contribution is 7.99. The van der Waals surface area contributed by atoms with Crippen molar-refractivity contribution in [3.05, 3.63) is 50.6 Å². The first-order valence-electron chi connectivity index (χ1n) is 11.2. The number of benzene rings is 1. The van der Waals surface area contributed by atoms with Crippen LogP contribution in [0.4, 0.5) is 5.69 Å². The van der Waals surface area contributed by atoms with Crippen molar-refractivity contribution in [1.82, 2.24) is 9.55 Å². The van der Waals surface area contributed by atoms with Crippen LogP contribution in [0.3, 0.4) is 0 Å². The third kappa shape index (κ3) is 4.36. The minimum atomic E-state index is -0.104. The van der Waals surface area contributed by atoms with E-state index in [1.165, 1.54) is 28.6 Å². The molecule has 1 unspecified atom stereocenters. The molecule has 3 aromatic rings. The number of amides is 1. The quantitative estimate of drug-likeness (QED) is 0.423. The number of aryl methyl sites for hydroxylation is 3. The number of para-hydroxylation sites is 1. The number of aromatic nitrogens is 2. The Labute approximate surface area is 195 Å². The number of rotatable bonds is 6. The van der Waals surface area contributed by atoms with Gasteiger partial charge in [-0.15, -0.1) is 11.3 Å². The van der Waals surface area contributed by atoms with E-state index in [0.717, 1.165) is 60.2 Å². The van der Waals surface area contributed by atoms with Gasteiger partial charge in [0.15, 0.2) is 5.16 Å². The first-order chi connectivity index (χ1) is 15.6. The lowest BCUT2D eigenvalue weighted by molar-refractivity contribution is -0.113. The molecule has 2 aliphatic rings. The van der Waals surface area contributed by atoms with Crippen LogP contribution >= 0.6 is 23.1 Å². The topological polar surface area (TPSA) is 73.2 Å². The number of nitrogens with zero attached hydrogens (tertiary/aromatic N) is 2. The summed E-state index contributed by atoms with van der Waals surface area (Å²) in [5.41, 5.74) is 3.05. The summed E-state index contributed by atoms with van der Waals surface area (Å²) in [5, 5.41) is 4.36. The van der Waals surface area contributed by atoms with Crippen LogP contribution in [0.1, 0.15) is 41.7 Å². The van der Waals surface area contributed by atoms with E-state index in [2.05, 4.69) is 5.32 Å². The maximum absolute atomic E-state index is 13.6. The van der Waals surface area contributed by atoms with E-state index in [9.17, 15) is 9.59 Å². The van der Waals surface area contributed by atoms with Crippen LogP contribution in [0.25, 0.3) is 10.2 Å². The summed E-state index contributed by atoms with van der Waals surface area (Å²) in [4.78, 5) is 33.2. The zero-order valence-corrected chi connectivity index (χ0v) is 19.8. The fraction of sp³-hybridized carbons (Fsp3) is 0.458. The van der Waals surface area contributed by atoms with Crippen molar-refractivity contribution in [1.29, 1.82) is 0 Å². The Kier molecular flexibility index (Phi) is 6.35. The van der Waals surface area contributed by atoms with Crippen LogP contribution < -0.4 is 10.9 Å². The second-order valence-electron chi connectivity index (χ2n) is 8.49. The van der Waals surface area contributed by atoms with Crippen molar-refractivity contribution < 1.29 is 9.53 Å². The highest BCUT2D eigenvalue weighted by Gasteiger charge is 2.25. The van der Waals surface area contributed by atoms with Gasteiger partial charge in [-0.3, -0.25) is 14.2 Å². The molecule has 1 atom stereocenters. The molecule has 0 radical (unpaired) electrons. The highest BCUT2D eigenvalue weighted by Crippen LogP contribution is 2.35. The Morgan fingerprint density at radius 3 is 2.94 bits per heavy atom. The van der Waals surface area contributed by atoms with Crippen LogP contribution in [0.5, 0.6) is 0 Å². The number of anilines is 1. The minimum absolute atomic E-state index is 0.0201. The first-order valence-corrected chi connectivity index (χ1v) is 13.1. The predicted molar refractivity (Wildman–Crippen MR) is 130 cm³/mol. The van der Waals surface area contributed by atoms with Crippen molar-refractivity contribution >= 4 is 44.9 Å². The van der Waals surface area contributed by atoms with Crippen molar-refractivity contribution in [2.75, 3.05) is 17.7 Å². The Morgan fingerprint density at radius 2 is 2.12 bits per heavy atom. The van der Waals surface area contributed by atoms with Gasteiger partial charge in [0, 0.05) is 17.2 Å². The molecule has 1 saturated heterocycles. The van der Waals surface area contributed by atoms with Crippen LogP contribution in [0.15, 0.2) is 34.2 Å². The number of nitrogens with one attached hydrogen (secondary N) is 1. The molecule has 1 aromatic carbocycles. The number of thioether (sulfide) groups is 1. The molecule has 168 valence electrons. The molecule has 1 amide bonds. The van der Waals surface area contributed by atoms with Gasteiger partial charge >= 0.3 is 0 Å². The van der Waals surface area contributed by atoms with Crippen LogP contribution in [0.2, 0.25) is 0 Å². The molecule has 6 nitrogen and oxygen atoms in total. The standard InChI is InChI=1S/C24H27N3O3S2/c1-15-7-2-4-10-18(15)25-20(28)14-31-24-26-22-21(17-9-3-5-11-19(17)32-22)23(29)27(24)13-16-8-6-12-30-16/h2,4,7,10,16H,3,5-6,8-9,11-14H2,1H3,(H,25,28). The minimum Gasteiger partial charge on any atom is -0.376 e. The lowest BCUT2D eigenvalue weighted by Crippen LogP contribution is -2.29. The largest absolute Gasteiger partial charge is 0.376 e. The lowest BCUT2D eigenvalue weighted by atomic mass is 9.97. The molecule has 0 saturated carbocycles. The summed E-state index contributed by atoms with van der Waals surface area (Å²) >= 11 is 2.98. The smallest absolute Gasteiger partial charge is 0.263 e. The molecule has 1 N–H and O–H groups in total. The monoisotopic (exact) mass is 469 g/mol. The summed E-state index contributed by atoms with van der Waals surface area (Å²) in [5.74, 6) is 0.0934. The van der Waals surface area contributed by atoms with Crippen molar-refractivity contribution in [2.24, 2.45) is 0 Å². The number of hydrogen-bond acceptors (Lipinski definition) is 6. The molecule has 1 aliphatic heterocycles. The Balaban J connectivity index is 1.44. The van der Waals surface area contributed by atoms with Gasteiger partial charge in [-0.1, -0.05) is 30.0 Å². The van der Waals surface area contributed by atoms with E-state index in [4.69, 9.17) is 9.72 Å². The number of carbonyl (C=O) groups excluding carboxylic acids is 1. The molecular formula is C24H27N3O3S2. The average Bonchev–Trinajstić information content (AvgIpc) is 3.43. The van der Waals surface area contributed by atoms with Crippen molar-refractivity contribution in [3.8, 4) is 0 Å². The Bertz CT molecular complexity index is 1210. The summed E-state index contributed by atoms with van der Waals surface area (Å²) in [6.45, 7) is 3.20. The molecule has 32 heavy (non-hydrogen) atoms. The molecular weight excluding hydrogens is 442 g/mol. The van der Waals surface area contributed by atoms with E-state index in [1.807, 2.05) is 31.2 Å². The molecule has 3 heterocycles. The van der Waals surface area contributed by atoms with E-state index in [0.29, 0.717) is 11.7 Å². The lowest BCUT2D eigenvalue weighted by Gasteiger charge is -2.16. The summed E-state index contributed by atoms with van der Waals surface area (Å²) in [6.07, 6.45) is 6.28. The second kappa shape index (κ2) is 9.37. The van der Waals surface area contributed by atoms with Gasteiger partial charge in [0.2, 0.25) is 5.91 Å². The molecule has 0 spiro atoms. The van der Waals surface area contributed by atoms with Gasteiger partial charge in [-0.25, -0.2) is 4.98 Å². The van der Waals surface area contributed by atoms with Gasteiger partial charge in [0.25, 0.3) is 5.56 Å². The maximum atomic E-state index is 13.6. The predicted octanol–water partition coefficient (Wildman–Crippen LogP) is 4.56. The summed E-state index contributed by atoms with van der Waals surface area (Å²) in [7, 11) is 0.